The van der Waals surface area contributed by atoms with Gasteiger partial charge in [0.15, 0.2) is 0 Å². The molecule has 0 saturated carbocycles. The molecule has 2 aromatic carbocycles. The molecule has 0 radical (unpaired) electrons. The molecule has 0 aliphatic rings. The summed E-state index contributed by atoms with van der Waals surface area (Å²) in [5.74, 6) is -0.109. The fraction of sp³-hybridized carbons (Fsp3) is 0.417. The zero-order chi connectivity index (χ0) is 24.8. The molecule has 2 aromatic rings. The van der Waals surface area contributed by atoms with Crippen molar-refractivity contribution in [2.75, 3.05) is 25.0 Å². The minimum atomic E-state index is -3.78. The van der Waals surface area contributed by atoms with Gasteiger partial charge in [-0.15, -0.1) is 0 Å². The molecular weight excluding hydrogens is 442 g/mol. The number of hydrogen-bond donors (Lipinski definition) is 3. The molecule has 0 heterocycles. The second-order valence-electron chi connectivity index (χ2n) is 7.88. The van der Waals surface area contributed by atoms with E-state index in [2.05, 4.69) is 15.4 Å². The number of nitrogens with one attached hydrogen (secondary N) is 3. The second kappa shape index (κ2) is 11.3. The number of carbonyl (C=O) groups excluding carboxylic acids is 2. The topological polar surface area (TPSA) is 114 Å². The Morgan fingerprint density at radius 3 is 1.94 bits per heavy atom. The van der Waals surface area contributed by atoms with Gasteiger partial charge in [0.25, 0.3) is 0 Å². The molecule has 0 atom stereocenters. The van der Waals surface area contributed by atoms with Crippen LogP contribution >= 0.6 is 0 Å². The standard InChI is InChI=1S/C24H33N3O5S/c1-7-32-21-10-8-20(9-11-21)27-23(29)14-25-22(28)12-13-26-33(30,31)24-18(5)16(3)15(2)17(4)19(24)6/h8-11,26H,7,12-14H2,1-6H3,(H,25,28)(H,27,29). The highest BCUT2D eigenvalue weighted by Gasteiger charge is 2.23. The summed E-state index contributed by atoms with van der Waals surface area (Å²) in [6.45, 7) is 11.5. The fourth-order valence-corrected chi connectivity index (χ4v) is 5.14. The lowest BCUT2D eigenvalue weighted by Gasteiger charge is -2.19. The first-order valence-corrected chi connectivity index (χ1v) is 12.3. The maximum absolute atomic E-state index is 12.9. The van der Waals surface area contributed by atoms with Crippen LogP contribution in [0.25, 0.3) is 0 Å². The highest BCUT2D eigenvalue weighted by molar-refractivity contribution is 7.89. The normalized spacial score (nSPS) is 11.2. The van der Waals surface area contributed by atoms with Gasteiger partial charge in [0.2, 0.25) is 21.8 Å². The van der Waals surface area contributed by atoms with Gasteiger partial charge in [-0.25, -0.2) is 13.1 Å². The van der Waals surface area contributed by atoms with Crippen molar-refractivity contribution in [1.29, 1.82) is 0 Å². The van der Waals surface area contributed by atoms with Gasteiger partial charge < -0.3 is 15.4 Å². The minimum Gasteiger partial charge on any atom is -0.494 e. The molecule has 8 nitrogen and oxygen atoms in total. The van der Waals surface area contributed by atoms with E-state index in [9.17, 15) is 18.0 Å². The van der Waals surface area contributed by atoms with E-state index in [-0.39, 0.29) is 30.3 Å². The summed E-state index contributed by atoms with van der Waals surface area (Å²) in [7, 11) is -3.78. The lowest BCUT2D eigenvalue weighted by Crippen LogP contribution is -2.35. The van der Waals surface area contributed by atoms with Crippen LogP contribution in [0.1, 0.15) is 41.2 Å². The van der Waals surface area contributed by atoms with Crippen molar-refractivity contribution in [1.82, 2.24) is 10.0 Å². The molecule has 0 aliphatic carbocycles. The third-order valence-corrected chi connectivity index (χ3v) is 7.47. The first kappa shape index (κ1) is 26.3. The fourth-order valence-electron chi connectivity index (χ4n) is 3.51. The van der Waals surface area contributed by atoms with E-state index in [1.807, 2.05) is 27.7 Å². The van der Waals surface area contributed by atoms with Gasteiger partial charge in [-0.2, -0.15) is 0 Å². The SMILES string of the molecule is CCOc1ccc(NC(=O)CNC(=O)CCNS(=O)(=O)c2c(C)c(C)c(C)c(C)c2C)cc1. The molecule has 0 saturated heterocycles. The number of carbonyl (C=O) groups is 2. The molecule has 3 N–H and O–H groups in total. The highest BCUT2D eigenvalue weighted by Crippen LogP contribution is 2.29. The summed E-state index contributed by atoms with van der Waals surface area (Å²) in [5.41, 5.74) is 4.95. The summed E-state index contributed by atoms with van der Waals surface area (Å²) in [6, 6.07) is 6.89. The van der Waals surface area contributed by atoms with Crippen LogP contribution in [-0.4, -0.2) is 39.9 Å². The van der Waals surface area contributed by atoms with E-state index >= 15 is 0 Å². The minimum absolute atomic E-state index is 0.0699. The van der Waals surface area contributed by atoms with E-state index in [1.54, 1.807) is 38.1 Å². The van der Waals surface area contributed by atoms with Gasteiger partial charge in [0.05, 0.1) is 18.0 Å². The van der Waals surface area contributed by atoms with Crippen molar-refractivity contribution in [3.05, 3.63) is 52.1 Å². The van der Waals surface area contributed by atoms with Gasteiger partial charge >= 0.3 is 0 Å². The molecule has 9 heteroatoms. The van der Waals surface area contributed by atoms with E-state index in [0.29, 0.717) is 29.2 Å². The Balaban J connectivity index is 1.86. The van der Waals surface area contributed by atoms with Crippen LogP contribution in [0.3, 0.4) is 0 Å². The first-order valence-electron chi connectivity index (χ1n) is 10.8. The Kier molecular flexibility index (Phi) is 9.01. The van der Waals surface area contributed by atoms with Crippen molar-refractivity contribution in [3.8, 4) is 5.75 Å². The number of anilines is 1. The van der Waals surface area contributed by atoms with Crippen molar-refractivity contribution in [2.45, 2.75) is 52.9 Å². The van der Waals surface area contributed by atoms with Crippen LogP contribution in [0.4, 0.5) is 5.69 Å². The summed E-state index contributed by atoms with van der Waals surface area (Å²) < 4.78 is 33.6. The average Bonchev–Trinajstić information content (AvgIpc) is 2.76. The smallest absolute Gasteiger partial charge is 0.243 e. The highest BCUT2D eigenvalue weighted by atomic mass is 32.2. The number of ether oxygens (including phenoxy) is 1. The lowest BCUT2D eigenvalue weighted by atomic mass is 9.95. The monoisotopic (exact) mass is 475 g/mol. The molecule has 180 valence electrons. The Morgan fingerprint density at radius 2 is 1.39 bits per heavy atom. The van der Waals surface area contributed by atoms with E-state index in [0.717, 1.165) is 16.7 Å². The maximum atomic E-state index is 12.9. The molecule has 0 bridgehead atoms. The first-order chi connectivity index (χ1) is 15.5. The summed E-state index contributed by atoms with van der Waals surface area (Å²) in [6.07, 6.45) is -0.0858. The molecule has 0 aliphatic heterocycles. The van der Waals surface area contributed by atoms with E-state index in [1.165, 1.54) is 0 Å². The third kappa shape index (κ3) is 6.79. The molecule has 2 amide bonds. The van der Waals surface area contributed by atoms with Crippen molar-refractivity contribution in [3.63, 3.8) is 0 Å². The zero-order valence-corrected chi connectivity index (χ0v) is 20.9. The maximum Gasteiger partial charge on any atom is 0.243 e. The molecule has 0 spiro atoms. The predicted molar refractivity (Wildman–Crippen MR) is 129 cm³/mol. The van der Waals surface area contributed by atoms with Crippen LogP contribution in [0, 0.1) is 34.6 Å². The third-order valence-electron chi connectivity index (χ3n) is 5.74. The molecule has 0 aromatic heterocycles. The largest absolute Gasteiger partial charge is 0.494 e. The van der Waals surface area contributed by atoms with Gasteiger partial charge in [-0.1, -0.05) is 0 Å². The van der Waals surface area contributed by atoms with Crippen LogP contribution in [-0.2, 0) is 19.6 Å². The van der Waals surface area contributed by atoms with Crippen LogP contribution in [0.2, 0.25) is 0 Å². The van der Waals surface area contributed by atoms with Gasteiger partial charge in [0, 0.05) is 18.7 Å². The molecule has 2 rings (SSSR count). The Hall–Kier alpha value is -2.91. The lowest BCUT2D eigenvalue weighted by molar-refractivity contribution is -0.124. The Bertz CT molecular complexity index is 1100. The molecular formula is C24H33N3O5S. The second-order valence-corrected chi connectivity index (χ2v) is 9.59. The molecule has 33 heavy (non-hydrogen) atoms. The average molecular weight is 476 g/mol. The summed E-state index contributed by atoms with van der Waals surface area (Å²) >= 11 is 0. The van der Waals surface area contributed by atoms with Crippen molar-refractivity contribution in [2.24, 2.45) is 0 Å². The van der Waals surface area contributed by atoms with Crippen molar-refractivity contribution >= 4 is 27.5 Å². The predicted octanol–water partition coefficient (Wildman–Crippen LogP) is 3.05. The number of benzene rings is 2. The Labute approximate surface area is 196 Å². The zero-order valence-electron chi connectivity index (χ0n) is 20.1. The van der Waals surface area contributed by atoms with Crippen LogP contribution in [0.15, 0.2) is 29.2 Å². The number of sulfonamides is 1. The molecule has 0 fully saturated rings. The van der Waals surface area contributed by atoms with Gasteiger partial charge in [0.1, 0.15) is 5.75 Å². The van der Waals surface area contributed by atoms with Gasteiger partial charge in [-0.3, -0.25) is 9.59 Å². The van der Waals surface area contributed by atoms with E-state index < -0.39 is 15.9 Å². The van der Waals surface area contributed by atoms with Crippen LogP contribution in [0.5, 0.6) is 5.75 Å². The summed E-state index contributed by atoms with van der Waals surface area (Å²) in [5, 5.41) is 5.17. The summed E-state index contributed by atoms with van der Waals surface area (Å²) in [4.78, 5) is 24.4. The quantitative estimate of drug-likeness (QED) is 0.489. The van der Waals surface area contributed by atoms with E-state index in [4.69, 9.17) is 4.74 Å². The van der Waals surface area contributed by atoms with Crippen molar-refractivity contribution < 1.29 is 22.7 Å². The Morgan fingerprint density at radius 1 is 0.848 bits per heavy atom. The number of rotatable bonds is 10. The molecule has 0 unspecified atom stereocenters. The number of hydrogen-bond acceptors (Lipinski definition) is 5. The number of amides is 2. The van der Waals surface area contributed by atoms with Crippen LogP contribution < -0.4 is 20.1 Å². The van der Waals surface area contributed by atoms with Gasteiger partial charge in [-0.05, 0) is 93.6 Å².